The minimum atomic E-state index is -0.731. The van der Waals surface area contributed by atoms with Gasteiger partial charge in [0.2, 0.25) is 0 Å². The molecule has 0 aliphatic heterocycles. The fourth-order valence-corrected chi connectivity index (χ4v) is 1.63. The van der Waals surface area contributed by atoms with Crippen molar-refractivity contribution >= 4 is 5.78 Å². The number of nitrogens with zero attached hydrogens (tertiary/aromatic N) is 2. The highest BCUT2D eigenvalue weighted by Gasteiger charge is 2.35. The molecule has 15 heavy (non-hydrogen) atoms. The Balaban J connectivity index is 3.01. The molecule has 0 aliphatic rings. The Kier molecular flexibility index (Phi) is 3.91. The minimum Gasteiger partial charge on any atom is -0.370 e. The van der Waals surface area contributed by atoms with Gasteiger partial charge in [-0.2, -0.15) is 0 Å². The van der Waals surface area contributed by atoms with Gasteiger partial charge in [0.05, 0.1) is 5.56 Å². The van der Waals surface area contributed by atoms with Gasteiger partial charge in [-0.15, -0.1) is 0 Å². The summed E-state index contributed by atoms with van der Waals surface area (Å²) < 4.78 is 5.35. The summed E-state index contributed by atoms with van der Waals surface area (Å²) in [6, 6.07) is 0. The molecule has 0 atom stereocenters. The van der Waals surface area contributed by atoms with Gasteiger partial charge in [-0.1, -0.05) is 13.8 Å². The lowest BCUT2D eigenvalue weighted by atomic mass is 9.89. The second kappa shape index (κ2) is 4.98. The van der Waals surface area contributed by atoms with Gasteiger partial charge in [0.15, 0.2) is 5.78 Å². The number of rotatable bonds is 5. The maximum absolute atomic E-state index is 12.2. The topological polar surface area (TPSA) is 52.1 Å². The van der Waals surface area contributed by atoms with E-state index in [9.17, 15) is 4.79 Å². The molecule has 0 aromatic carbocycles. The number of hydrogen-bond donors (Lipinski definition) is 0. The van der Waals surface area contributed by atoms with Crippen molar-refractivity contribution in [2.24, 2.45) is 0 Å². The highest BCUT2D eigenvalue weighted by Crippen LogP contribution is 2.24. The van der Waals surface area contributed by atoms with Crippen LogP contribution in [0.2, 0.25) is 0 Å². The maximum Gasteiger partial charge on any atom is 0.197 e. The number of methoxy groups -OCH3 is 1. The van der Waals surface area contributed by atoms with Gasteiger partial charge >= 0.3 is 0 Å². The van der Waals surface area contributed by atoms with E-state index in [0.717, 1.165) is 0 Å². The van der Waals surface area contributed by atoms with Crippen molar-refractivity contribution < 1.29 is 9.53 Å². The molecule has 0 amide bonds. The standard InChI is InChI=1S/C11H16N2O2/c1-4-11(5-2,15-3)10(14)9-6-12-8-13-7-9/h6-8H,4-5H2,1-3H3. The molecule has 1 rings (SSSR count). The van der Waals surface area contributed by atoms with Crippen LogP contribution in [0.1, 0.15) is 37.0 Å². The van der Waals surface area contributed by atoms with E-state index < -0.39 is 5.60 Å². The zero-order valence-corrected chi connectivity index (χ0v) is 9.36. The monoisotopic (exact) mass is 208 g/mol. The zero-order valence-electron chi connectivity index (χ0n) is 9.36. The van der Waals surface area contributed by atoms with Crippen LogP contribution in [0.25, 0.3) is 0 Å². The maximum atomic E-state index is 12.2. The molecule has 0 N–H and O–H groups in total. The van der Waals surface area contributed by atoms with Gasteiger partial charge in [-0.25, -0.2) is 9.97 Å². The largest absolute Gasteiger partial charge is 0.370 e. The molecule has 1 aromatic rings. The van der Waals surface area contributed by atoms with Crippen molar-refractivity contribution in [3.05, 3.63) is 24.3 Å². The molecule has 4 nitrogen and oxygen atoms in total. The number of hydrogen-bond acceptors (Lipinski definition) is 4. The summed E-state index contributed by atoms with van der Waals surface area (Å²) in [5, 5.41) is 0. The predicted molar refractivity (Wildman–Crippen MR) is 56.7 cm³/mol. The smallest absolute Gasteiger partial charge is 0.197 e. The third-order valence-electron chi connectivity index (χ3n) is 2.77. The van der Waals surface area contributed by atoms with Crippen LogP contribution >= 0.6 is 0 Å². The summed E-state index contributed by atoms with van der Waals surface area (Å²) in [4.78, 5) is 19.8. The van der Waals surface area contributed by atoms with Crippen LogP contribution in [0.15, 0.2) is 18.7 Å². The number of ketones is 1. The van der Waals surface area contributed by atoms with Crippen molar-refractivity contribution in [2.45, 2.75) is 32.3 Å². The second-order valence-corrected chi connectivity index (χ2v) is 3.36. The Bertz CT molecular complexity index is 312. The average Bonchev–Trinajstić information content (AvgIpc) is 2.33. The first-order valence-corrected chi connectivity index (χ1v) is 5.05. The van der Waals surface area contributed by atoms with Crippen LogP contribution in [0, 0.1) is 0 Å². The van der Waals surface area contributed by atoms with Crippen molar-refractivity contribution in [1.82, 2.24) is 9.97 Å². The zero-order chi connectivity index (χ0) is 11.3. The summed E-state index contributed by atoms with van der Waals surface area (Å²) in [7, 11) is 1.56. The quantitative estimate of drug-likeness (QED) is 0.693. The van der Waals surface area contributed by atoms with E-state index in [1.165, 1.54) is 18.7 Å². The highest BCUT2D eigenvalue weighted by atomic mass is 16.5. The van der Waals surface area contributed by atoms with Crippen molar-refractivity contribution in [3.63, 3.8) is 0 Å². The molecule has 0 unspecified atom stereocenters. The predicted octanol–water partition coefficient (Wildman–Crippen LogP) is 1.86. The first-order valence-electron chi connectivity index (χ1n) is 5.05. The van der Waals surface area contributed by atoms with Crippen LogP contribution in [0.4, 0.5) is 0 Å². The number of carbonyl (C=O) groups is 1. The Labute approximate surface area is 89.7 Å². The Morgan fingerprint density at radius 3 is 2.27 bits per heavy atom. The van der Waals surface area contributed by atoms with Crippen LogP contribution in [0.5, 0.6) is 0 Å². The lowest BCUT2D eigenvalue weighted by Gasteiger charge is -2.28. The van der Waals surface area contributed by atoms with Crippen molar-refractivity contribution in [2.75, 3.05) is 7.11 Å². The molecule has 1 heterocycles. The molecule has 0 aliphatic carbocycles. The molecule has 0 radical (unpaired) electrons. The molecule has 0 saturated heterocycles. The molecule has 0 saturated carbocycles. The van der Waals surface area contributed by atoms with Gasteiger partial charge in [0, 0.05) is 19.5 Å². The van der Waals surface area contributed by atoms with E-state index in [1.54, 1.807) is 7.11 Å². The molecule has 1 aromatic heterocycles. The fraction of sp³-hybridized carbons (Fsp3) is 0.545. The molecule has 82 valence electrons. The summed E-state index contributed by atoms with van der Waals surface area (Å²) in [6.07, 6.45) is 5.74. The van der Waals surface area contributed by atoms with Gasteiger partial charge in [0.25, 0.3) is 0 Å². The summed E-state index contributed by atoms with van der Waals surface area (Å²) in [6.45, 7) is 3.88. The number of ether oxygens (including phenoxy) is 1. The van der Waals surface area contributed by atoms with Gasteiger partial charge in [-0.3, -0.25) is 4.79 Å². The molecule has 0 spiro atoms. The van der Waals surface area contributed by atoms with Crippen LogP contribution in [0.3, 0.4) is 0 Å². The van der Waals surface area contributed by atoms with E-state index >= 15 is 0 Å². The number of carbonyl (C=O) groups excluding carboxylic acids is 1. The molecule has 0 fully saturated rings. The molecule has 4 heteroatoms. The third kappa shape index (κ3) is 2.21. The second-order valence-electron chi connectivity index (χ2n) is 3.36. The van der Waals surface area contributed by atoms with E-state index in [-0.39, 0.29) is 5.78 Å². The fourth-order valence-electron chi connectivity index (χ4n) is 1.63. The van der Waals surface area contributed by atoms with Crippen LogP contribution in [-0.2, 0) is 4.74 Å². The minimum absolute atomic E-state index is 0.0457. The van der Waals surface area contributed by atoms with E-state index in [1.807, 2.05) is 13.8 Å². The van der Waals surface area contributed by atoms with E-state index in [2.05, 4.69) is 9.97 Å². The summed E-state index contributed by atoms with van der Waals surface area (Å²) in [5.41, 5.74) is -0.229. The number of aromatic nitrogens is 2. The summed E-state index contributed by atoms with van der Waals surface area (Å²) in [5.74, 6) is -0.0457. The van der Waals surface area contributed by atoms with Crippen LogP contribution in [-0.4, -0.2) is 28.5 Å². The van der Waals surface area contributed by atoms with E-state index in [0.29, 0.717) is 18.4 Å². The molecular weight excluding hydrogens is 192 g/mol. The molecule has 0 bridgehead atoms. The third-order valence-corrected chi connectivity index (χ3v) is 2.77. The van der Waals surface area contributed by atoms with Crippen molar-refractivity contribution in [3.8, 4) is 0 Å². The van der Waals surface area contributed by atoms with Crippen molar-refractivity contribution in [1.29, 1.82) is 0 Å². The average molecular weight is 208 g/mol. The summed E-state index contributed by atoms with van der Waals surface area (Å²) >= 11 is 0. The van der Waals surface area contributed by atoms with Gasteiger partial charge < -0.3 is 4.74 Å². The Hall–Kier alpha value is -1.29. The van der Waals surface area contributed by atoms with Crippen LogP contribution < -0.4 is 0 Å². The van der Waals surface area contributed by atoms with E-state index in [4.69, 9.17) is 4.74 Å². The Morgan fingerprint density at radius 1 is 1.33 bits per heavy atom. The lowest BCUT2D eigenvalue weighted by Crippen LogP contribution is -2.39. The SMILES string of the molecule is CCC(CC)(OC)C(=O)c1cncnc1. The van der Waals surface area contributed by atoms with Gasteiger partial charge in [-0.05, 0) is 12.8 Å². The normalized spacial score (nSPS) is 11.4. The lowest BCUT2D eigenvalue weighted by molar-refractivity contribution is -0.00267. The molecular formula is C11H16N2O2. The first-order chi connectivity index (χ1) is 7.20. The number of Topliss-reactive ketones (excluding diaryl/α,β-unsaturated/α-hetero) is 1. The highest BCUT2D eigenvalue weighted by molar-refractivity contribution is 6.02. The Morgan fingerprint density at radius 2 is 1.87 bits per heavy atom. The van der Waals surface area contributed by atoms with Gasteiger partial charge in [0.1, 0.15) is 11.9 Å². The first kappa shape index (κ1) is 11.8.